The molecule has 1 N–H and O–H groups in total. The van der Waals surface area contributed by atoms with Gasteiger partial charge in [0.15, 0.2) is 0 Å². The molecule has 1 unspecified atom stereocenters. The normalized spacial score (nSPS) is 12.8. The van der Waals surface area contributed by atoms with Crippen LogP contribution in [0.2, 0.25) is 10.0 Å². The van der Waals surface area contributed by atoms with Crippen molar-refractivity contribution in [2.75, 3.05) is 12.0 Å². The molecule has 0 fully saturated rings. The lowest BCUT2D eigenvalue weighted by Gasteiger charge is -2.11. The van der Waals surface area contributed by atoms with Gasteiger partial charge in [0, 0.05) is 10.0 Å². The summed E-state index contributed by atoms with van der Waals surface area (Å²) in [5.74, 6) is 1.08. The van der Waals surface area contributed by atoms with E-state index in [1.54, 1.807) is 23.9 Å². The van der Waals surface area contributed by atoms with Crippen LogP contribution in [0.15, 0.2) is 18.2 Å². The van der Waals surface area contributed by atoms with Crippen LogP contribution in [-0.4, -0.2) is 23.2 Å². The highest BCUT2D eigenvalue weighted by molar-refractivity contribution is 7.98. The zero-order chi connectivity index (χ0) is 12.0. The maximum absolute atomic E-state index is 9.83. The molecule has 1 aromatic carbocycles. The van der Waals surface area contributed by atoms with Crippen LogP contribution in [-0.2, 0) is 6.42 Å². The van der Waals surface area contributed by atoms with E-state index in [9.17, 15) is 5.11 Å². The number of thioether (sulfide) groups is 1. The summed E-state index contributed by atoms with van der Waals surface area (Å²) in [4.78, 5) is 0. The first kappa shape index (κ1) is 14.2. The van der Waals surface area contributed by atoms with E-state index >= 15 is 0 Å². The summed E-state index contributed by atoms with van der Waals surface area (Å²) in [6, 6.07) is 5.35. The molecule has 0 radical (unpaired) electrons. The zero-order valence-electron chi connectivity index (χ0n) is 9.25. The van der Waals surface area contributed by atoms with Crippen molar-refractivity contribution in [1.82, 2.24) is 0 Å². The molecular formula is C12H16Cl2OS. The monoisotopic (exact) mass is 278 g/mol. The molecule has 4 heteroatoms. The van der Waals surface area contributed by atoms with E-state index in [1.165, 1.54) is 0 Å². The third kappa shape index (κ3) is 4.96. The second-order valence-electron chi connectivity index (χ2n) is 3.73. The number of hydrogen-bond acceptors (Lipinski definition) is 2. The highest BCUT2D eigenvalue weighted by Gasteiger charge is 2.08. The smallest absolute Gasteiger partial charge is 0.0581 e. The Bertz CT molecular complexity index is 331. The van der Waals surface area contributed by atoms with Gasteiger partial charge in [-0.05, 0) is 55.0 Å². The standard InChI is InChI=1S/C12H16Cl2OS/c1-16-6-2-3-11(15)8-9-7-10(13)4-5-12(9)14/h4-5,7,11,15H,2-3,6,8H2,1H3. The quantitative estimate of drug-likeness (QED) is 0.793. The summed E-state index contributed by atoms with van der Waals surface area (Å²) < 4.78 is 0. The van der Waals surface area contributed by atoms with E-state index in [0.717, 1.165) is 24.2 Å². The Morgan fingerprint density at radius 3 is 2.81 bits per heavy atom. The van der Waals surface area contributed by atoms with Crippen LogP contribution in [0.5, 0.6) is 0 Å². The van der Waals surface area contributed by atoms with Gasteiger partial charge in [-0.2, -0.15) is 11.8 Å². The minimum Gasteiger partial charge on any atom is -0.393 e. The molecule has 0 saturated carbocycles. The lowest BCUT2D eigenvalue weighted by atomic mass is 10.0. The fraction of sp³-hybridized carbons (Fsp3) is 0.500. The number of benzene rings is 1. The number of hydrogen-bond donors (Lipinski definition) is 1. The fourth-order valence-corrected chi connectivity index (χ4v) is 2.36. The fourth-order valence-electron chi connectivity index (χ4n) is 1.52. The van der Waals surface area contributed by atoms with Gasteiger partial charge in [-0.25, -0.2) is 0 Å². The van der Waals surface area contributed by atoms with E-state index in [1.807, 2.05) is 6.07 Å². The van der Waals surface area contributed by atoms with Gasteiger partial charge in [0.25, 0.3) is 0 Å². The summed E-state index contributed by atoms with van der Waals surface area (Å²) in [7, 11) is 0. The van der Waals surface area contributed by atoms with Crippen molar-refractivity contribution in [1.29, 1.82) is 0 Å². The first-order valence-corrected chi connectivity index (χ1v) is 7.39. The zero-order valence-corrected chi connectivity index (χ0v) is 11.6. The predicted molar refractivity (Wildman–Crippen MR) is 73.8 cm³/mol. The Kier molecular flexibility index (Phi) is 6.59. The third-order valence-electron chi connectivity index (χ3n) is 2.35. The van der Waals surface area contributed by atoms with Crippen molar-refractivity contribution < 1.29 is 5.11 Å². The van der Waals surface area contributed by atoms with E-state index in [2.05, 4.69) is 6.26 Å². The Morgan fingerprint density at radius 2 is 2.12 bits per heavy atom. The Balaban J connectivity index is 2.48. The lowest BCUT2D eigenvalue weighted by molar-refractivity contribution is 0.164. The first-order valence-electron chi connectivity index (χ1n) is 5.24. The Morgan fingerprint density at radius 1 is 1.38 bits per heavy atom. The molecule has 0 aromatic heterocycles. The Hall–Kier alpha value is 0.110. The summed E-state index contributed by atoms with van der Waals surface area (Å²) in [5, 5.41) is 11.2. The van der Waals surface area contributed by atoms with Crippen LogP contribution in [0.1, 0.15) is 18.4 Å². The maximum Gasteiger partial charge on any atom is 0.0581 e. The van der Waals surface area contributed by atoms with Crippen LogP contribution < -0.4 is 0 Å². The van der Waals surface area contributed by atoms with E-state index in [-0.39, 0.29) is 6.10 Å². The van der Waals surface area contributed by atoms with Crippen LogP contribution >= 0.6 is 35.0 Å². The number of aliphatic hydroxyl groups is 1. The molecule has 1 nitrogen and oxygen atoms in total. The molecule has 1 rings (SSSR count). The largest absolute Gasteiger partial charge is 0.393 e. The van der Waals surface area contributed by atoms with Crippen LogP contribution in [0.25, 0.3) is 0 Å². The molecule has 0 aliphatic rings. The lowest BCUT2D eigenvalue weighted by Crippen LogP contribution is -2.11. The van der Waals surface area contributed by atoms with Crippen molar-refractivity contribution >= 4 is 35.0 Å². The molecule has 1 atom stereocenters. The highest BCUT2D eigenvalue weighted by Crippen LogP contribution is 2.22. The molecule has 0 aliphatic heterocycles. The van der Waals surface area contributed by atoms with Gasteiger partial charge in [-0.15, -0.1) is 0 Å². The average molecular weight is 279 g/mol. The van der Waals surface area contributed by atoms with Crippen LogP contribution in [0.4, 0.5) is 0 Å². The van der Waals surface area contributed by atoms with Gasteiger partial charge in [-0.3, -0.25) is 0 Å². The second kappa shape index (κ2) is 7.44. The molecule has 16 heavy (non-hydrogen) atoms. The average Bonchev–Trinajstić information content (AvgIpc) is 2.24. The molecule has 90 valence electrons. The van der Waals surface area contributed by atoms with Crippen molar-refractivity contribution in [3.63, 3.8) is 0 Å². The van der Waals surface area contributed by atoms with Crippen LogP contribution in [0.3, 0.4) is 0 Å². The van der Waals surface area contributed by atoms with Gasteiger partial charge in [0.05, 0.1) is 6.10 Å². The Labute approximate surface area is 111 Å². The summed E-state index contributed by atoms with van der Waals surface area (Å²) in [5.41, 5.74) is 0.922. The van der Waals surface area contributed by atoms with E-state index in [0.29, 0.717) is 16.5 Å². The van der Waals surface area contributed by atoms with E-state index in [4.69, 9.17) is 23.2 Å². The number of halogens is 2. The molecular weight excluding hydrogens is 263 g/mol. The second-order valence-corrected chi connectivity index (χ2v) is 5.56. The van der Waals surface area contributed by atoms with Crippen molar-refractivity contribution in [3.8, 4) is 0 Å². The minimum absolute atomic E-state index is 0.330. The summed E-state index contributed by atoms with van der Waals surface area (Å²) >= 11 is 13.7. The van der Waals surface area contributed by atoms with Gasteiger partial charge in [-0.1, -0.05) is 23.2 Å². The minimum atomic E-state index is -0.330. The van der Waals surface area contributed by atoms with E-state index < -0.39 is 0 Å². The van der Waals surface area contributed by atoms with Crippen LogP contribution in [0, 0.1) is 0 Å². The maximum atomic E-state index is 9.83. The summed E-state index contributed by atoms with van der Waals surface area (Å²) in [6.45, 7) is 0. The highest BCUT2D eigenvalue weighted by atomic mass is 35.5. The molecule has 0 saturated heterocycles. The third-order valence-corrected chi connectivity index (χ3v) is 3.65. The molecule has 0 aliphatic carbocycles. The van der Waals surface area contributed by atoms with Crippen molar-refractivity contribution in [2.24, 2.45) is 0 Å². The summed E-state index contributed by atoms with van der Waals surface area (Å²) in [6.07, 6.45) is 4.15. The molecule has 0 bridgehead atoms. The van der Waals surface area contributed by atoms with Gasteiger partial charge < -0.3 is 5.11 Å². The predicted octanol–water partition coefficient (Wildman–Crippen LogP) is 4.04. The first-order chi connectivity index (χ1) is 7.63. The molecule has 0 amide bonds. The molecule has 1 aromatic rings. The molecule has 0 heterocycles. The molecule has 0 spiro atoms. The van der Waals surface area contributed by atoms with Gasteiger partial charge in [0.1, 0.15) is 0 Å². The van der Waals surface area contributed by atoms with Gasteiger partial charge in [0.2, 0.25) is 0 Å². The van der Waals surface area contributed by atoms with Gasteiger partial charge >= 0.3 is 0 Å². The topological polar surface area (TPSA) is 20.2 Å². The number of rotatable bonds is 6. The SMILES string of the molecule is CSCCCC(O)Cc1cc(Cl)ccc1Cl. The van der Waals surface area contributed by atoms with Crippen molar-refractivity contribution in [3.05, 3.63) is 33.8 Å². The number of aliphatic hydroxyl groups excluding tert-OH is 1. The van der Waals surface area contributed by atoms with Crippen molar-refractivity contribution in [2.45, 2.75) is 25.4 Å².